The van der Waals surface area contributed by atoms with Crippen LogP contribution in [-0.4, -0.2) is 23.3 Å². The summed E-state index contributed by atoms with van der Waals surface area (Å²) < 4.78 is 5.35. The Balaban J connectivity index is 2.27. The summed E-state index contributed by atoms with van der Waals surface area (Å²) >= 11 is 3.15. The van der Waals surface area contributed by atoms with Gasteiger partial charge in [-0.05, 0) is 33.6 Å². The zero-order valence-electron chi connectivity index (χ0n) is 11.1. The first-order valence-corrected chi connectivity index (χ1v) is 6.92. The summed E-state index contributed by atoms with van der Waals surface area (Å²) in [6.07, 6.45) is 1.39. The van der Waals surface area contributed by atoms with Crippen molar-refractivity contribution < 1.29 is 14.0 Å². The molecule has 6 nitrogen and oxygen atoms in total. The molecule has 1 heterocycles. The van der Waals surface area contributed by atoms with Crippen LogP contribution in [0.25, 0.3) is 0 Å². The van der Waals surface area contributed by atoms with Gasteiger partial charge in [-0.15, -0.1) is 0 Å². The number of benzene rings is 1. The Hall–Kier alpha value is -2.28. The SMILES string of the molecule is NC(=O)CN(Cc1ccccc1N)C(=O)c1ccoc1Br. The van der Waals surface area contributed by atoms with Gasteiger partial charge in [0.15, 0.2) is 4.67 Å². The first-order valence-electron chi connectivity index (χ1n) is 6.13. The largest absolute Gasteiger partial charge is 0.457 e. The van der Waals surface area contributed by atoms with E-state index in [0.29, 0.717) is 15.9 Å². The molecule has 0 fully saturated rings. The molecule has 0 saturated heterocycles. The van der Waals surface area contributed by atoms with Gasteiger partial charge in [0.1, 0.15) is 0 Å². The average molecular weight is 352 g/mol. The second kappa shape index (κ2) is 6.45. The third kappa shape index (κ3) is 3.63. The molecule has 1 aromatic heterocycles. The van der Waals surface area contributed by atoms with Crippen LogP contribution in [-0.2, 0) is 11.3 Å². The number of furan rings is 1. The highest BCUT2D eigenvalue weighted by Gasteiger charge is 2.22. The Labute approximate surface area is 129 Å². The van der Waals surface area contributed by atoms with E-state index in [-0.39, 0.29) is 19.0 Å². The molecular formula is C14H14BrN3O3. The molecule has 0 atom stereocenters. The average Bonchev–Trinajstić information content (AvgIpc) is 2.85. The Morgan fingerprint density at radius 1 is 1.24 bits per heavy atom. The number of primary amides is 1. The van der Waals surface area contributed by atoms with Crippen molar-refractivity contribution in [3.05, 3.63) is 52.4 Å². The number of nitrogen functional groups attached to an aromatic ring is 1. The lowest BCUT2D eigenvalue weighted by atomic mass is 10.1. The fourth-order valence-electron chi connectivity index (χ4n) is 1.89. The van der Waals surface area contributed by atoms with Gasteiger partial charge in [-0.3, -0.25) is 9.59 Å². The van der Waals surface area contributed by atoms with Crippen molar-refractivity contribution in [3.8, 4) is 0 Å². The minimum atomic E-state index is -0.600. The molecule has 21 heavy (non-hydrogen) atoms. The van der Waals surface area contributed by atoms with Crippen LogP contribution in [0.3, 0.4) is 0 Å². The summed E-state index contributed by atoms with van der Waals surface area (Å²) in [5, 5.41) is 0. The fraction of sp³-hybridized carbons (Fsp3) is 0.143. The van der Waals surface area contributed by atoms with E-state index >= 15 is 0 Å². The molecule has 110 valence electrons. The molecular weight excluding hydrogens is 338 g/mol. The number of hydrogen-bond acceptors (Lipinski definition) is 4. The van der Waals surface area contributed by atoms with Gasteiger partial charge in [0.05, 0.1) is 18.4 Å². The van der Waals surface area contributed by atoms with Crippen molar-refractivity contribution in [2.75, 3.05) is 12.3 Å². The molecule has 0 radical (unpaired) electrons. The van der Waals surface area contributed by atoms with E-state index in [1.165, 1.54) is 17.2 Å². The third-order valence-electron chi connectivity index (χ3n) is 2.90. The number of halogens is 1. The normalized spacial score (nSPS) is 10.3. The van der Waals surface area contributed by atoms with E-state index in [2.05, 4.69) is 15.9 Å². The van der Waals surface area contributed by atoms with Gasteiger partial charge in [0, 0.05) is 12.2 Å². The molecule has 2 amide bonds. The van der Waals surface area contributed by atoms with Gasteiger partial charge in [0.25, 0.3) is 5.91 Å². The summed E-state index contributed by atoms with van der Waals surface area (Å²) in [6.45, 7) is -0.0170. The van der Waals surface area contributed by atoms with Crippen molar-refractivity contribution in [2.45, 2.75) is 6.54 Å². The van der Waals surface area contributed by atoms with Crippen molar-refractivity contribution in [1.82, 2.24) is 4.90 Å². The molecule has 0 aliphatic carbocycles. The summed E-state index contributed by atoms with van der Waals surface area (Å²) in [4.78, 5) is 25.0. The number of carbonyl (C=O) groups excluding carboxylic acids is 2. The monoisotopic (exact) mass is 351 g/mol. The molecule has 4 N–H and O–H groups in total. The second-order valence-electron chi connectivity index (χ2n) is 4.43. The minimum Gasteiger partial charge on any atom is -0.457 e. The second-order valence-corrected chi connectivity index (χ2v) is 5.15. The maximum Gasteiger partial charge on any atom is 0.259 e. The van der Waals surface area contributed by atoms with E-state index < -0.39 is 5.91 Å². The van der Waals surface area contributed by atoms with Crippen LogP contribution in [0.2, 0.25) is 0 Å². The molecule has 0 aliphatic rings. The van der Waals surface area contributed by atoms with Crippen LogP contribution >= 0.6 is 15.9 Å². The lowest BCUT2D eigenvalue weighted by Gasteiger charge is -2.21. The number of rotatable bonds is 5. The highest BCUT2D eigenvalue weighted by molar-refractivity contribution is 9.10. The van der Waals surface area contributed by atoms with Crippen LogP contribution in [0.4, 0.5) is 5.69 Å². The third-order valence-corrected chi connectivity index (χ3v) is 3.51. The number of carbonyl (C=O) groups is 2. The van der Waals surface area contributed by atoms with E-state index in [9.17, 15) is 9.59 Å². The predicted octanol–water partition coefficient (Wildman–Crippen LogP) is 1.75. The maximum atomic E-state index is 12.5. The highest BCUT2D eigenvalue weighted by Crippen LogP contribution is 2.21. The first-order chi connectivity index (χ1) is 9.99. The number of amides is 2. The van der Waals surface area contributed by atoms with E-state index in [0.717, 1.165) is 5.56 Å². The van der Waals surface area contributed by atoms with Crippen molar-refractivity contribution in [1.29, 1.82) is 0 Å². The minimum absolute atomic E-state index is 0.187. The summed E-state index contributed by atoms with van der Waals surface area (Å²) in [7, 11) is 0. The molecule has 1 aromatic carbocycles. The number of hydrogen-bond donors (Lipinski definition) is 2. The summed E-state index contributed by atoms with van der Waals surface area (Å²) in [5.41, 5.74) is 12.7. The molecule has 2 aromatic rings. The van der Waals surface area contributed by atoms with E-state index in [1.54, 1.807) is 18.2 Å². The lowest BCUT2D eigenvalue weighted by Crippen LogP contribution is -2.38. The topological polar surface area (TPSA) is 103 Å². The number of nitrogens with zero attached hydrogens (tertiary/aromatic N) is 1. The zero-order chi connectivity index (χ0) is 15.4. The molecule has 0 saturated carbocycles. The van der Waals surface area contributed by atoms with Crippen LogP contribution in [0.15, 0.2) is 45.7 Å². The Morgan fingerprint density at radius 3 is 2.52 bits per heavy atom. The predicted molar refractivity (Wildman–Crippen MR) is 81.2 cm³/mol. The standard InChI is InChI=1S/C14H14BrN3O3/c15-13-10(5-6-21-13)14(20)18(8-12(17)19)7-9-3-1-2-4-11(9)16/h1-6H,7-8,16H2,(H2,17,19). The quantitative estimate of drug-likeness (QED) is 0.800. The van der Waals surface area contributed by atoms with Gasteiger partial charge in [-0.25, -0.2) is 0 Å². The van der Waals surface area contributed by atoms with Crippen LogP contribution in [0.1, 0.15) is 15.9 Å². The molecule has 2 rings (SSSR count). The van der Waals surface area contributed by atoms with Crippen LogP contribution in [0, 0.1) is 0 Å². The van der Waals surface area contributed by atoms with E-state index in [4.69, 9.17) is 15.9 Å². The Bertz CT molecular complexity index is 669. The van der Waals surface area contributed by atoms with Crippen molar-refractivity contribution >= 4 is 33.4 Å². The fourth-order valence-corrected chi connectivity index (χ4v) is 2.30. The Morgan fingerprint density at radius 2 is 1.95 bits per heavy atom. The molecule has 7 heteroatoms. The van der Waals surface area contributed by atoms with Gasteiger partial charge in [0.2, 0.25) is 5.91 Å². The van der Waals surface area contributed by atoms with Crippen LogP contribution in [0.5, 0.6) is 0 Å². The number of nitrogens with two attached hydrogens (primary N) is 2. The van der Waals surface area contributed by atoms with Crippen molar-refractivity contribution in [2.24, 2.45) is 5.73 Å². The number of anilines is 1. The smallest absolute Gasteiger partial charge is 0.259 e. The van der Waals surface area contributed by atoms with Gasteiger partial charge in [-0.2, -0.15) is 0 Å². The molecule has 0 unspecified atom stereocenters. The van der Waals surface area contributed by atoms with Gasteiger partial charge in [-0.1, -0.05) is 18.2 Å². The summed E-state index contributed by atoms with van der Waals surface area (Å²) in [6, 6.07) is 8.66. The molecule has 0 aliphatic heterocycles. The lowest BCUT2D eigenvalue weighted by molar-refractivity contribution is -0.118. The molecule has 0 spiro atoms. The molecule has 0 bridgehead atoms. The van der Waals surface area contributed by atoms with Gasteiger partial charge >= 0.3 is 0 Å². The highest BCUT2D eigenvalue weighted by atomic mass is 79.9. The van der Waals surface area contributed by atoms with Crippen molar-refractivity contribution in [3.63, 3.8) is 0 Å². The summed E-state index contributed by atoms with van der Waals surface area (Å²) in [5.74, 6) is -0.963. The zero-order valence-corrected chi connectivity index (χ0v) is 12.7. The number of para-hydroxylation sites is 1. The Kier molecular flexibility index (Phi) is 4.64. The maximum absolute atomic E-state index is 12.5. The first kappa shape index (κ1) is 15.1. The van der Waals surface area contributed by atoms with E-state index in [1.807, 2.05) is 6.07 Å². The van der Waals surface area contributed by atoms with Crippen LogP contribution < -0.4 is 11.5 Å². The van der Waals surface area contributed by atoms with Gasteiger partial charge < -0.3 is 20.8 Å².